The highest BCUT2D eigenvalue weighted by Crippen LogP contribution is 2.20. The third-order valence-corrected chi connectivity index (χ3v) is 3.44. The van der Waals surface area contributed by atoms with E-state index in [4.69, 9.17) is 17.3 Å². The van der Waals surface area contributed by atoms with Crippen LogP contribution in [-0.2, 0) is 0 Å². The number of aromatic nitrogens is 2. The van der Waals surface area contributed by atoms with E-state index in [0.29, 0.717) is 17.5 Å². The Morgan fingerprint density at radius 2 is 2.22 bits per heavy atom. The number of nitrogen functional groups attached to an aromatic ring is 1. The number of piperidine rings is 1. The first-order chi connectivity index (χ1) is 8.69. The van der Waals surface area contributed by atoms with E-state index in [1.165, 1.54) is 13.0 Å². The van der Waals surface area contributed by atoms with Crippen molar-refractivity contribution in [3.63, 3.8) is 0 Å². The minimum absolute atomic E-state index is 0.232. The van der Waals surface area contributed by atoms with Crippen molar-refractivity contribution in [1.29, 1.82) is 0 Å². The van der Waals surface area contributed by atoms with Gasteiger partial charge in [-0.15, -0.1) is 0 Å². The summed E-state index contributed by atoms with van der Waals surface area (Å²) in [6.45, 7) is 5.66. The molecule has 3 N–H and O–H groups in total. The first-order valence-corrected chi connectivity index (χ1v) is 6.83. The second kappa shape index (κ2) is 6.20. The van der Waals surface area contributed by atoms with Crippen LogP contribution in [0.1, 0.15) is 26.2 Å². The number of hydrogen-bond donors (Lipinski definition) is 2. The first-order valence-electron chi connectivity index (χ1n) is 6.46. The Balaban J connectivity index is 1.89. The summed E-state index contributed by atoms with van der Waals surface area (Å²) >= 11 is 5.77. The van der Waals surface area contributed by atoms with Crippen LogP contribution in [0.2, 0.25) is 5.28 Å². The van der Waals surface area contributed by atoms with Crippen LogP contribution in [0.3, 0.4) is 0 Å². The molecule has 1 fully saturated rings. The highest BCUT2D eigenvalue weighted by atomic mass is 35.5. The van der Waals surface area contributed by atoms with Crippen molar-refractivity contribution in [3.8, 4) is 0 Å². The van der Waals surface area contributed by atoms with E-state index in [1.807, 2.05) is 0 Å². The summed E-state index contributed by atoms with van der Waals surface area (Å²) in [6, 6.07) is 0.423. The van der Waals surface area contributed by atoms with Gasteiger partial charge in [-0.2, -0.15) is 4.98 Å². The van der Waals surface area contributed by atoms with Crippen LogP contribution >= 0.6 is 11.6 Å². The maximum atomic E-state index is 5.83. The van der Waals surface area contributed by atoms with Crippen LogP contribution in [0.15, 0.2) is 6.20 Å². The maximum Gasteiger partial charge on any atom is 0.224 e. The molecule has 0 aliphatic carbocycles. The average Bonchev–Trinajstić information content (AvgIpc) is 2.37. The smallest absolute Gasteiger partial charge is 0.224 e. The third kappa shape index (κ3) is 3.46. The molecule has 0 saturated carbocycles. The SMILES string of the molecule is CCCN1CCC(Nc2nc(Cl)ncc2N)CC1. The van der Waals surface area contributed by atoms with Crippen LogP contribution in [0.4, 0.5) is 11.5 Å². The third-order valence-electron chi connectivity index (χ3n) is 3.26. The molecule has 1 aromatic rings. The molecule has 2 heterocycles. The van der Waals surface area contributed by atoms with Crippen LogP contribution in [0, 0.1) is 0 Å². The largest absolute Gasteiger partial charge is 0.394 e. The molecule has 0 bridgehead atoms. The van der Waals surface area contributed by atoms with E-state index in [0.717, 1.165) is 25.9 Å². The number of rotatable bonds is 4. The number of likely N-dealkylation sites (tertiary alicyclic amines) is 1. The molecular formula is C12H20ClN5. The lowest BCUT2D eigenvalue weighted by atomic mass is 10.0. The van der Waals surface area contributed by atoms with Gasteiger partial charge in [0.05, 0.1) is 11.9 Å². The summed E-state index contributed by atoms with van der Waals surface area (Å²) in [6.07, 6.45) is 4.98. The Bertz CT molecular complexity index is 390. The predicted octanol–water partition coefficient (Wildman–Crippen LogP) is 2.00. The van der Waals surface area contributed by atoms with Crippen LogP contribution < -0.4 is 11.1 Å². The van der Waals surface area contributed by atoms with Crippen molar-refractivity contribution < 1.29 is 0 Å². The minimum atomic E-state index is 0.232. The zero-order valence-electron chi connectivity index (χ0n) is 10.7. The van der Waals surface area contributed by atoms with E-state index in [1.54, 1.807) is 6.20 Å². The Hall–Kier alpha value is -1.07. The van der Waals surface area contributed by atoms with Crippen molar-refractivity contribution in [2.45, 2.75) is 32.2 Å². The van der Waals surface area contributed by atoms with Gasteiger partial charge in [-0.05, 0) is 37.4 Å². The zero-order chi connectivity index (χ0) is 13.0. The Morgan fingerprint density at radius 1 is 1.50 bits per heavy atom. The summed E-state index contributed by atoms with van der Waals surface area (Å²) in [5.41, 5.74) is 6.38. The van der Waals surface area contributed by atoms with Crippen molar-refractivity contribution in [3.05, 3.63) is 11.5 Å². The molecule has 5 nitrogen and oxygen atoms in total. The first kappa shape index (κ1) is 13.4. The number of hydrogen-bond acceptors (Lipinski definition) is 5. The van der Waals surface area contributed by atoms with Gasteiger partial charge in [-0.3, -0.25) is 0 Å². The molecule has 0 atom stereocenters. The Kier molecular flexibility index (Phi) is 4.60. The minimum Gasteiger partial charge on any atom is -0.394 e. The van der Waals surface area contributed by atoms with Gasteiger partial charge in [0.2, 0.25) is 5.28 Å². The second-order valence-electron chi connectivity index (χ2n) is 4.70. The fourth-order valence-corrected chi connectivity index (χ4v) is 2.43. The molecule has 1 aromatic heterocycles. The Labute approximate surface area is 113 Å². The summed E-state index contributed by atoms with van der Waals surface area (Å²) in [5, 5.41) is 3.60. The predicted molar refractivity (Wildman–Crippen MR) is 74.8 cm³/mol. The lowest BCUT2D eigenvalue weighted by Crippen LogP contribution is -2.39. The fraction of sp³-hybridized carbons (Fsp3) is 0.667. The highest BCUT2D eigenvalue weighted by Gasteiger charge is 2.19. The molecule has 18 heavy (non-hydrogen) atoms. The number of nitrogens with zero attached hydrogens (tertiary/aromatic N) is 3. The summed E-state index contributed by atoms with van der Waals surface area (Å²) in [7, 11) is 0. The van der Waals surface area contributed by atoms with E-state index < -0.39 is 0 Å². The summed E-state index contributed by atoms with van der Waals surface area (Å²) < 4.78 is 0. The molecular weight excluding hydrogens is 250 g/mol. The van der Waals surface area contributed by atoms with E-state index in [9.17, 15) is 0 Å². The molecule has 100 valence electrons. The zero-order valence-corrected chi connectivity index (χ0v) is 11.5. The molecule has 6 heteroatoms. The molecule has 0 amide bonds. The molecule has 0 spiro atoms. The summed E-state index contributed by atoms with van der Waals surface area (Å²) in [4.78, 5) is 10.5. The van der Waals surface area contributed by atoms with Gasteiger partial charge in [-0.25, -0.2) is 4.98 Å². The van der Waals surface area contributed by atoms with Crippen molar-refractivity contribution in [2.75, 3.05) is 30.7 Å². The number of halogens is 1. The van der Waals surface area contributed by atoms with Crippen molar-refractivity contribution in [1.82, 2.24) is 14.9 Å². The topological polar surface area (TPSA) is 67.1 Å². The molecule has 0 aromatic carbocycles. The molecule has 0 radical (unpaired) electrons. The van der Waals surface area contributed by atoms with Crippen LogP contribution in [-0.4, -0.2) is 40.5 Å². The van der Waals surface area contributed by atoms with Crippen molar-refractivity contribution in [2.24, 2.45) is 0 Å². The normalized spacial score (nSPS) is 17.9. The molecule has 1 aliphatic heterocycles. The molecule has 1 aliphatic rings. The van der Waals surface area contributed by atoms with E-state index in [-0.39, 0.29) is 5.28 Å². The highest BCUT2D eigenvalue weighted by molar-refractivity contribution is 6.28. The van der Waals surface area contributed by atoms with Gasteiger partial charge in [-0.1, -0.05) is 6.92 Å². The maximum absolute atomic E-state index is 5.83. The van der Waals surface area contributed by atoms with Gasteiger partial charge in [0.15, 0.2) is 5.82 Å². The monoisotopic (exact) mass is 269 g/mol. The van der Waals surface area contributed by atoms with E-state index in [2.05, 4.69) is 27.1 Å². The van der Waals surface area contributed by atoms with Gasteiger partial charge in [0, 0.05) is 19.1 Å². The standard InChI is InChI=1S/C12H20ClN5/c1-2-5-18-6-3-9(4-7-18)16-11-10(14)8-15-12(13)17-11/h8-9H,2-7,14H2,1H3,(H,15,16,17). The van der Waals surface area contributed by atoms with Gasteiger partial charge >= 0.3 is 0 Å². The summed E-state index contributed by atoms with van der Waals surface area (Å²) in [5.74, 6) is 0.656. The van der Waals surface area contributed by atoms with Gasteiger partial charge in [0.25, 0.3) is 0 Å². The van der Waals surface area contributed by atoms with E-state index >= 15 is 0 Å². The number of nitrogens with two attached hydrogens (primary N) is 1. The van der Waals surface area contributed by atoms with Crippen molar-refractivity contribution >= 4 is 23.1 Å². The van der Waals surface area contributed by atoms with Gasteiger partial charge in [0.1, 0.15) is 0 Å². The second-order valence-corrected chi connectivity index (χ2v) is 5.04. The lowest BCUT2D eigenvalue weighted by molar-refractivity contribution is 0.219. The van der Waals surface area contributed by atoms with Crippen LogP contribution in [0.25, 0.3) is 0 Å². The fourth-order valence-electron chi connectivity index (χ4n) is 2.30. The number of anilines is 2. The van der Waals surface area contributed by atoms with Crippen LogP contribution in [0.5, 0.6) is 0 Å². The average molecular weight is 270 g/mol. The molecule has 0 unspecified atom stereocenters. The Morgan fingerprint density at radius 3 is 2.89 bits per heavy atom. The number of nitrogens with one attached hydrogen (secondary N) is 1. The lowest BCUT2D eigenvalue weighted by Gasteiger charge is -2.32. The molecule has 1 saturated heterocycles. The van der Waals surface area contributed by atoms with Gasteiger partial charge < -0.3 is 16.0 Å². The quantitative estimate of drug-likeness (QED) is 0.819. The molecule has 2 rings (SSSR count).